The summed E-state index contributed by atoms with van der Waals surface area (Å²) in [5, 5.41) is 0. The third-order valence-corrected chi connectivity index (χ3v) is 4.03. The van der Waals surface area contributed by atoms with E-state index in [-0.39, 0.29) is 37.0 Å². The van der Waals surface area contributed by atoms with Crippen molar-refractivity contribution in [1.29, 1.82) is 0 Å². The second-order valence-electron chi connectivity index (χ2n) is 5.75. The lowest BCUT2D eigenvalue weighted by Gasteiger charge is -2.38. The number of ether oxygens (including phenoxy) is 1. The fourth-order valence-electron chi connectivity index (χ4n) is 2.94. The lowest BCUT2D eigenvalue weighted by atomic mass is 9.97. The largest absolute Gasteiger partial charge is 0.455 e. The quantitative estimate of drug-likeness (QED) is 0.800. The standard InChI is InChI=1S/C17H23NO3/c1-13-7-6-8-14(2)18(13)16(19)12-21-17(20)11-15-9-4-3-5-10-15/h3-5,9-10,13-14H,6-8,11-12H2,1-2H3/t13-,14+. The number of carbonyl (C=O) groups is 2. The topological polar surface area (TPSA) is 46.6 Å². The van der Waals surface area contributed by atoms with E-state index in [1.807, 2.05) is 35.2 Å². The van der Waals surface area contributed by atoms with Crippen LogP contribution in [0.2, 0.25) is 0 Å². The summed E-state index contributed by atoms with van der Waals surface area (Å²) in [6.07, 6.45) is 3.40. The highest BCUT2D eigenvalue weighted by Crippen LogP contribution is 2.22. The summed E-state index contributed by atoms with van der Waals surface area (Å²) in [5.41, 5.74) is 0.898. The summed E-state index contributed by atoms with van der Waals surface area (Å²) in [6, 6.07) is 9.87. The molecule has 0 N–H and O–H groups in total. The Bertz CT molecular complexity index is 476. The highest BCUT2D eigenvalue weighted by atomic mass is 16.5. The Kier molecular flexibility index (Phi) is 5.37. The lowest BCUT2D eigenvalue weighted by Crippen LogP contribution is -2.49. The van der Waals surface area contributed by atoms with Crippen molar-refractivity contribution in [2.45, 2.75) is 51.6 Å². The van der Waals surface area contributed by atoms with Gasteiger partial charge < -0.3 is 9.64 Å². The van der Waals surface area contributed by atoms with Crippen LogP contribution in [0.1, 0.15) is 38.7 Å². The number of rotatable bonds is 4. The maximum atomic E-state index is 12.2. The Labute approximate surface area is 126 Å². The zero-order chi connectivity index (χ0) is 15.2. The molecule has 0 aromatic heterocycles. The third-order valence-electron chi connectivity index (χ3n) is 4.03. The molecule has 2 rings (SSSR count). The first-order chi connectivity index (χ1) is 10.1. The molecule has 0 saturated carbocycles. The van der Waals surface area contributed by atoms with Crippen LogP contribution in [0.3, 0.4) is 0 Å². The van der Waals surface area contributed by atoms with Crippen molar-refractivity contribution in [1.82, 2.24) is 4.90 Å². The van der Waals surface area contributed by atoms with Gasteiger partial charge in [0.15, 0.2) is 6.61 Å². The van der Waals surface area contributed by atoms with Crippen LogP contribution in [0.5, 0.6) is 0 Å². The molecule has 1 saturated heterocycles. The summed E-state index contributed by atoms with van der Waals surface area (Å²) in [7, 11) is 0. The number of amides is 1. The molecule has 1 fully saturated rings. The molecule has 0 spiro atoms. The molecule has 114 valence electrons. The fourth-order valence-corrected chi connectivity index (χ4v) is 2.94. The lowest BCUT2D eigenvalue weighted by molar-refractivity contribution is -0.154. The van der Waals surface area contributed by atoms with E-state index in [0.29, 0.717) is 0 Å². The first-order valence-corrected chi connectivity index (χ1v) is 7.58. The molecule has 1 aromatic carbocycles. The number of hydrogen-bond acceptors (Lipinski definition) is 3. The Morgan fingerprint density at radius 1 is 1.14 bits per heavy atom. The highest BCUT2D eigenvalue weighted by molar-refractivity contribution is 5.81. The van der Waals surface area contributed by atoms with Crippen LogP contribution in [-0.4, -0.2) is 35.5 Å². The molecule has 1 aliphatic heterocycles. The van der Waals surface area contributed by atoms with Crippen LogP contribution >= 0.6 is 0 Å². The Morgan fingerprint density at radius 3 is 2.38 bits per heavy atom. The van der Waals surface area contributed by atoms with Crippen molar-refractivity contribution in [3.05, 3.63) is 35.9 Å². The van der Waals surface area contributed by atoms with Gasteiger partial charge in [-0.05, 0) is 38.7 Å². The zero-order valence-electron chi connectivity index (χ0n) is 12.7. The molecule has 21 heavy (non-hydrogen) atoms. The summed E-state index contributed by atoms with van der Waals surface area (Å²) in [6.45, 7) is 3.96. The average Bonchev–Trinajstić information content (AvgIpc) is 2.46. The van der Waals surface area contributed by atoms with Gasteiger partial charge in [-0.3, -0.25) is 9.59 Å². The number of hydrogen-bond donors (Lipinski definition) is 0. The van der Waals surface area contributed by atoms with Crippen molar-refractivity contribution < 1.29 is 14.3 Å². The van der Waals surface area contributed by atoms with Crippen molar-refractivity contribution in [3.63, 3.8) is 0 Å². The number of carbonyl (C=O) groups excluding carboxylic acids is 2. The van der Waals surface area contributed by atoms with E-state index in [0.717, 1.165) is 24.8 Å². The van der Waals surface area contributed by atoms with Crippen LogP contribution < -0.4 is 0 Å². The van der Waals surface area contributed by atoms with Crippen LogP contribution in [-0.2, 0) is 20.7 Å². The summed E-state index contributed by atoms with van der Waals surface area (Å²) >= 11 is 0. The number of benzene rings is 1. The van der Waals surface area contributed by atoms with Gasteiger partial charge in [-0.15, -0.1) is 0 Å². The average molecular weight is 289 g/mol. The minimum Gasteiger partial charge on any atom is -0.455 e. The smallest absolute Gasteiger partial charge is 0.310 e. The van der Waals surface area contributed by atoms with Crippen molar-refractivity contribution >= 4 is 11.9 Å². The first-order valence-electron chi connectivity index (χ1n) is 7.58. The number of likely N-dealkylation sites (tertiary alicyclic amines) is 1. The van der Waals surface area contributed by atoms with E-state index in [1.54, 1.807) is 0 Å². The van der Waals surface area contributed by atoms with Crippen molar-refractivity contribution in [3.8, 4) is 0 Å². The fraction of sp³-hybridized carbons (Fsp3) is 0.529. The molecule has 0 unspecified atom stereocenters. The maximum Gasteiger partial charge on any atom is 0.310 e. The van der Waals surface area contributed by atoms with Gasteiger partial charge in [0.25, 0.3) is 5.91 Å². The molecule has 1 heterocycles. The van der Waals surface area contributed by atoms with E-state index in [9.17, 15) is 9.59 Å². The van der Waals surface area contributed by atoms with E-state index in [1.165, 1.54) is 0 Å². The predicted molar refractivity (Wildman–Crippen MR) is 80.7 cm³/mol. The van der Waals surface area contributed by atoms with E-state index < -0.39 is 0 Å². The van der Waals surface area contributed by atoms with Crippen LogP contribution in [0.4, 0.5) is 0 Å². The second-order valence-corrected chi connectivity index (χ2v) is 5.75. The molecule has 0 radical (unpaired) electrons. The molecule has 0 aliphatic carbocycles. The minimum absolute atomic E-state index is 0.0869. The van der Waals surface area contributed by atoms with Gasteiger partial charge in [-0.1, -0.05) is 30.3 Å². The van der Waals surface area contributed by atoms with Gasteiger partial charge in [0.1, 0.15) is 0 Å². The van der Waals surface area contributed by atoms with Gasteiger partial charge >= 0.3 is 5.97 Å². The van der Waals surface area contributed by atoms with E-state index in [2.05, 4.69) is 13.8 Å². The monoisotopic (exact) mass is 289 g/mol. The van der Waals surface area contributed by atoms with E-state index in [4.69, 9.17) is 4.74 Å². The van der Waals surface area contributed by atoms with Gasteiger partial charge in [-0.2, -0.15) is 0 Å². The van der Waals surface area contributed by atoms with Crippen LogP contribution in [0, 0.1) is 0 Å². The van der Waals surface area contributed by atoms with Crippen LogP contribution in [0.15, 0.2) is 30.3 Å². The number of piperidine rings is 1. The minimum atomic E-state index is -0.355. The van der Waals surface area contributed by atoms with Gasteiger partial charge in [0.05, 0.1) is 6.42 Å². The molecule has 1 aromatic rings. The highest BCUT2D eigenvalue weighted by Gasteiger charge is 2.29. The van der Waals surface area contributed by atoms with Crippen LogP contribution in [0.25, 0.3) is 0 Å². The SMILES string of the molecule is C[C@@H]1CCC[C@H](C)N1C(=O)COC(=O)Cc1ccccc1. The van der Waals surface area contributed by atoms with Crippen molar-refractivity contribution in [2.24, 2.45) is 0 Å². The maximum absolute atomic E-state index is 12.2. The zero-order valence-corrected chi connectivity index (χ0v) is 12.7. The second kappa shape index (κ2) is 7.25. The molecule has 4 heteroatoms. The van der Waals surface area contributed by atoms with Gasteiger partial charge in [0.2, 0.25) is 0 Å². The van der Waals surface area contributed by atoms with Gasteiger partial charge in [0, 0.05) is 12.1 Å². The number of esters is 1. The molecule has 0 bridgehead atoms. The number of nitrogens with zero attached hydrogens (tertiary/aromatic N) is 1. The molecular weight excluding hydrogens is 266 g/mol. The molecular formula is C17H23NO3. The molecule has 1 aliphatic rings. The Morgan fingerprint density at radius 2 is 1.76 bits per heavy atom. The first kappa shape index (κ1) is 15.5. The third kappa shape index (κ3) is 4.31. The molecule has 2 atom stereocenters. The Hall–Kier alpha value is -1.84. The van der Waals surface area contributed by atoms with Crippen molar-refractivity contribution in [2.75, 3.05) is 6.61 Å². The predicted octanol–water partition coefficient (Wildman–Crippen LogP) is 2.56. The molecule has 1 amide bonds. The van der Waals surface area contributed by atoms with Gasteiger partial charge in [-0.25, -0.2) is 0 Å². The summed E-state index contributed by atoms with van der Waals surface area (Å²) < 4.78 is 5.13. The summed E-state index contributed by atoms with van der Waals surface area (Å²) in [5.74, 6) is -0.442. The van der Waals surface area contributed by atoms with E-state index >= 15 is 0 Å². The molecule has 4 nitrogen and oxygen atoms in total. The Balaban J connectivity index is 1.82. The summed E-state index contributed by atoms with van der Waals surface area (Å²) in [4.78, 5) is 25.9. The normalized spacial score (nSPS) is 21.9.